The Kier molecular flexibility index (Phi) is 6.80. The van der Waals surface area contributed by atoms with E-state index in [2.05, 4.69) is 44.2 Å². The fraction of sp³-hybridized carbons (Fsp3) is 0.381. The van der Waals surface area contributed by atoms with Gasteiger partial charge in [-0.05, 0) is 54.2 Å². The number of nitrogens with zero attached hydrogens (tertiary/aromatic N) is 2. The van der Waals surface area contributed by atoms with Gasteiger partial charge in [-0.2, -0.15) is 0 Å². The molecule has 150 valence electrons. The zero-order valence-electron chi connectivity index (χ0n) is 16.5. The first-order valence-electron chi connectivity index (χ1n) is 9.37. The Morgan fingerprint density at radius 2 is 1.89 bits per heavy atom. The molecule has 1 aliphatic rings. The van der Waals surface area contributed by atoms with Crippen molar-refractivity contribution in [1.29, 1.82) is 0 Å². The molecule has 6 nitrogen and oxygen atoms in total. The first-order chi connectivity index (χ1) is 13.5. The molecule has 0 radical (unpaired) electrons. The Labute approximate surface area is 174 Å². The van der Waals surface area contributed by atoms with Gasteiger partial charge in [-0.3, -0.25) is 4.79 Å². The zero-order valence-corrected chi connectivity index (χ0v) is 18.1. The summed E-state index contributed by atoms with van der Waals surface area (Å²) in [5, 5.41) is 3.06. The van der Waals surface area contributed by atoms with E-state index in [0.29, 0.717) is 28.1 Å². The molecule has 1 saturated heterocycles. The highest BCUT2D eigenvalue weighted by Gasteiger charge is 2.19. The van der Waals surface area contributed by atoms with E-state index < -0.39 is 0 Å². The Balaban J connectivity index is 1.84. The van der Waals surface area contributed by atoms with Gasteiger partial charge in [0.1, 0.15) is 0 Å². The van der Waals surface area contributed by atoms with Gasteiger partial charge < -0.3 is 24.6 Å². The van der Waals surface area contributed by atoms with Crippen molar-refractivity contribution in [2.75, 3.05) is 57.2 Å². The lowest BCUT2D eigenvalue weighted by Gasteiger charge is -2.35. The predicted molar refractivity (Wildman–Crippen MR) is 116 cm³/mol. The summed E-state index contributed by atoms with van der Waals surface area (Å²) >= 11 is 3.47. The molecule has 2 aromatic rings. The summed E-state index contributed by atoms with van der Waals surface area (Å²) in [6, 6.07) is 11.4. The summed E-state index contributed by atoms with van der Waals surface area (Å²) in [6.45, 7) is 6.27. The van der Waals surface area contributed by atoms with Gasteiger partial charge >= 0.3 is 0 Å². The smallest absolute Gasteiger partial charge is 0.255 e. The summed E-state index contributed by atoms with van der Waals surface area (Å²) in [7, 11) is 3.71. The molecule has 3 rings (SSSR count). The average Bonchev–Trinajstić information content (AvgIpc) is 2.69. The van der Waals surface area contributed by atoms with Gasteiger partial charge in [0.2, 0.25) is 0 Å². The highest BCUT2D eigenvalue weighted by atomic mass is 79.9. The molecular formula is C21H26BrN3O3. The van der Waals surface area contributed by atoms with Crippen LogP contribution in [0.15, 0.2) is 40.9 Å². The normalized spacial score (nSPS) is 14.6. The number of carbonyl (C=O) groups excluding carboxylic acids is 1. The standard InChI is InChI=1S/C21H26BrN3O3/c1-4-28-19-14-15(13-16(22)20(19)27-3)21(26)23-17-7-5-6-8-18(17)25-11-9-24(2)10-12-25/h5-8,13-14H,4,9-12H2,1-3H3,(H,23,26). The molecule has 0 aliphatic carbocycles. The number of amides is 1. The van der Waals surface area contributed by atoms with E-state index >= 15 is 0 Å². The molecule has 0 aromatic heterocycles. The lowest BCUT2D eigenvalue weighted by Crippen LogP contribution is -2.44. The number of hydrogen-bond acceptors (Lipinski definition) is 5. The first-order valence-corrected chi connectivity index (χ1v) is 10.2. The highest BCUT2D eigenvalue weighted by Crippen LogP contribution is 2.37. The SMILES string of the molecule is CCOc1cc(C(=O)Nc2ccccc2N2CCN(C)CC2)cc(Br)c1OC. The molecule has 0 bridgehead atoms. The predicted octanol–water partition coefficient (Wildman–Crippen LogP) is 3.86. The molecule has 0 spiro atoms. The minimum atomic E-state index is -0.189. The number of nitrogens with one attached hydrogen (secondary N) is 1. The van der Waals surface area contributed by atoms with Crippen LogP contribution in [0, 0.1) is 0 Å². The molecule has 1 fully saturated rings. The number of piperazine rings is 1. The van der Waals surface area contributed by atoms with Crippen LogP contribution >= 0.6 is 15.9 Å². The number of para-hydroxylation sites is 2. The summed E-state index contributed by atoms with van der Waals surface area (Å²) in [6.07, 6.45) is 0. The highest BCUT2D eigenvalue weighted by molar-refractivity contribution is 9.10. The third-order valence-corrected chi connectivity index (χ3v) is 5.36. The lowest BCUT2D eigenvalue weighted by atomic mass is 10.1. The number of halogens is 1. The molecule has 1 heterocycles. The van der Waals surface area contributed by atoms with Crippen LogP contribution in [-0.2, 0) is 0 Å². The maximum Gasteiger partial charge on any atom is 0.255 e. The van der Waals surface area contributed by atoms with Crippen molar-refractivity contribution in [2.45, 2.75) is 6.92 Å². The topological polar surface area (TPSA) is 54.0 Å². The van der Waals surface area contributed by atoms with E-state index in [4.69, 9.17) is 9.47 Å². The molecule has 1 amide bonds. The quantitative estimate of drug-likeness (QED) is 0.728. The van der Waals surface area contributed by atoms with Crippen LogP contribution < -0.4 is 19.7 Å². The Morgan fingerprint density at radius 1 is 1.18 bits per heavy atom. The van der Waals surface area contributed by atoms with Gasteiger partial charge in [0.15, 0.2) is 11.5 Å². The van der Waals surface area contributed by atoms with Gasteiger partial charge in [0, 0.05) is 31.7 Å². The number of carbonyl (C=O) groups is 1. The maximum absolute atomic E-state index is 13.0. The van der Waals surface area contributed by atoms with Crippen LogP contribution in [0.5, 0.6) is 11.5 Å². The fourth-order valence-electron chi connectivity index (χ4n) is 3.26. The number of ether oxygens (including phenoxy) is 2. The minimum Gasteiger partial charge on any atom is -0.492 e. The van der Waals surface area contributed by atoms with Crippen LogP contribution in [0.1, 0.15) is 17.3 Å². The van der Waals surface area contributed by atoms with E-state index in [-0.39, 0.29) is 5.91 Å². The summed E-state index contributed by atoms with van der Waals surface area (Å²) in [4.78, 5) is 17.6. The van der Waals surface area contributed by atoms with E-state index in [1.54, 1.807) is 19.2 Å². The summed E-state index contributed by atoms with van der Waals surface area (Å²) in [5.74, 6) is 0.930. The molecule has 0 saturated carbocycles. The van der Waals surface area contributed by atoms with Crippen LogP contribution in [0.4, 0.5) is 11.4 Å². The van der Waals surface area contributed by atoms with Crippen molar-refractivity contribution in [3.63, 3.8) is 0 Å². The number of anilines is 2. The third kappa shape index (κ3) is 4.59. The minimum absolute atomic E-state index is 0.189. The third-order valence-electron chi connectivity index (χ3n) is 4.77. The number of likely N-dealkylation sites (N-methyl/N-ethyl adjacent to an activating group) is 1. The lowest BCUT2D eigenvalue weighted by molar-refractivity contribution is 0.102. The van der Waals surface area contributed by atoms with E-state index in [1.807, 2.05) is 25.1 Å². The van der Waals surface area contributed by atoms with Crippen molar-refractivity contribution in [3.05, 3.63) is 46.4 Å². The summed E-state index contributed by atoms with van der Waals surface area (Å²) < 4.78 is 11.7. The zero-order chi connectivity index (χ0) is 20.1. The van der Waals surface area contributed by atoms with Crippen molar-refractivity contribution in [2.24, 2.45) is 0 Å². The van der Waals surface area contributed by atoms with Gasteiger partial charge in [0.05, 0.1) is 29.6 Å². The average molecular weight is 448 g/mol. The molecule has 0 atom stereocenters. The van der Waals surface area contributed by atoms with E-state index in [9.17, 15) is 4.79 Å². The van der Waals surface area contributed by atoms with Crippen LogP contribution in [0.3, 0.4) is 0 Å². The molecule has 7 heteroatoms. The number of rotatable bonds is 6. The van der Waals surface area contributed by atoms with Gasteiger partial charge in [-0.25, -0.2) is 0 Å². The second-order valence-electron chi connectivity index (χ2n) is 6.68. The first kappa shape index (κ1) is 20.5. The maximum atomic E-state index is 13.0. The van der Waals surface area contributed by atoms with E-state index in [1.165, 1.54) is 0 Å². The van der Waals surface area contributed by atoms with Crippen molar-refractivity contribution >= 4 is 33.2 Å². The number of methoxy groups -OCH3 is 1. The van der Waals surface area contributed by atoms with Crippen molar-refractivity contribution in [1.82, 2.24) is 4.90 Å². The molecule has 1 N–H and O–H groups in total. The molecule has 1 aliphatic heterocycles. The number of hydrogen-bond donors (Lipinski definition) is 1. The fourth-order valence-corrected chi connectivity index (χ4v) is 3.86. The molecular weight excluding hydrogens is 422 g/mol. The van der Waals surface area contributed by atoms with Crippen molar-refractivity contribution < 1.29 is 14.3 Å². The molecule has 28 heavy (non-hydrogen) atoms. The van der Waals surface area contributed by atoms with Gasteiger partial charge in [-0.1, -0.05) is 12.1 Å². The summed E-state index contributed by atoms with van der Waals surface area (Å²) in [5.41, 5.74) is 2.35. The van der Waals surface area contributed by atoms with Gasteiger partial charge in [-0.15, -0.1) is 0 Å². The Bertz CT molecular complexity index is 836. The van der Waals surface area contributed by atoms with E-state index in [0.717, 1.165) is 37.6 Å². The second-order valence-corrected chi connectivity index (χ2v) is 7.54. The van der Waals surface area contributed by atoms with Gasteiger partial charge in [0.25, 0.3) is 5.91 Å². The Hall–Kier alpha value is -2.25. The van der Waals surface area contributed by atoms with Crippen LogP contribution in [0.2, 0.25) is 0 Å². The largest absolute Gasteiger partial charge is 0.492 e. The molecule has 0 unspecified atom stereocenters. The number of benzene rings is 2. The van der Waals surface area contributed by atoms with Crippen LogP contribution in [-0.4, -0.2) is 57.8 Å². The monoisotopic (exact) mass is 447 g/mol. The molecule has 2 aromatic carbocycles. The Morgan fingerprint density at radius 3 is 2.57 bits per heavy atom. The van der Waals surface area contributed by atoms with Crippen LogP contribution in [0.25, 0.3) is 0 Å². The second kappa shape index (κ2) is 9.30. The van der Waals surface area contributed by atoms with Crippen molar-refractivity contribution in [3.8, 4) is 11.5 Å².